The van der Waals surface area contributed by atoms with Gasteiger partial charge >= 0.3 is 11.7 Å². The third kappa shape index (κ3) is 1.77. The molecule has 0 aliphatic rings. The summed E-state index contributed by atoms with van der Waals surface area (Å²) in [5.74, 6) is -0.619. The van der Waals surface area contributed by atoms with Crippen LogP contribution in [0.5, 0.6) is 0 Å². The monoisotopic (exact) mass is 256 g/mol. The number of imidazole rings is 1. The Morgan fingerprint density at radius 3 is 2.84 bits per heavy atom. The maximum atomic E-state index is 11.9. The third-order valence-electron chi connectivity index (χ3n) is 2.72. The van der Waals surface area contributed by atoms with Crippen molar-refractivity contribution < 1.29 is 9.90 Å². The predicted octanol–water partition coefficient (Wildman–Crippen LogP) is 0.807. The van der Waals surface area contributed by atoms with Crippen LogP contribution in [0.3, 0.4) is 0 Å². The van der Waals surface area contributed by atoms with Gasteiger partial charge in [-0.1, -0.05) is 0 Å². The number of nitrogens with one attached hydrogen (secondary N) is 1. The fourth-order valence-electron chi connectivity index (χ4n) is 1.89. The Hall–Kier alpha value is -2.96. The van der Waals surface area contributed by atoms with E-state index in [1.807, 2.05) is 0 Å². The summed E-state index contributed by atoms with van der Waals surface area (Å²) < 4.78 is 1.36. The highest BCUT2D eigenvalue weighted by molar-refractivity contribution is 5.92. The van der Waals surface area contributed by atoms with Crippen LogP contribution in [0.1, 0.15) is 10.4 Å². The number of hydrogen-bond donors (Lipinski definition) is 2. The normalized spacial score (nSPS) is 10.7. The number of carboxylic acid groups (broad SMARTS) is 1. The van der Waals surface area contributed by atoms with E-state index in [0.29, 0.717) is 16.9 Å². The molecule has 2 heterocycles. The average Bonchev–Trinajstić information content (AvgIpc) is 2.74. The topological polar surface area (TPSA) is 101 Å². The summed E-state index contributed by atoms with van der Waals surface area (Å²) in [5, 5.41) is 8.92. The molecule has 19 heavy (non-hydrogen) atoms. The minimum atomic E-state index is -1.04. The molecule has 0 unspecified atom stereocenters. The molecular weight excluding hydrogens is 248 g/mol. The Morgan fingerprint density at radius 1 is 1.32 bits per heavy atom. The first-order chi connectivity index (χ1) is 9.16. The highest BCUT2D eigenvalue weighted by Gasteiger charge is 2.11. The zero-order valence-corrected chi connectivity index (χ0v) is 9.57. The van der Waals surface area contributed by atoms with Crippen LogP contribution in [0.2, 0.25) is 0 Å². The Bertz CT molecular complexity index is 820. The van der Waals surface area contributed by atoms with E-state index in [9.17, 15) is 9.59 Å². The fraction of sp³-hybridized carbons (Fsp3) is 0. The summed E-state index contributed by atoms with van der Waals surface area (Å²) >= 11 is 0. The first-order valence-corrected chi connectivity index (χ1v) is 5.41. The number of aromatic amines is 1. The van der Waals surface area contributed by atoms with Crippen LogP contribution in [0.15, 0.2) is 41.6 Å². The van der Waals surface area contributed by atoms with Gasteiger partial charge in [0.2, 0.25) is 0 Å². The molecule has 0 spiro atoms. The lowest BCUT2D eigenvalue weighted by molar-refractivity contribution is 0.0697. The molecule has 0 aliphatic carbocycles. The van der Waals surface area contributed by atoms with Crippen LogP contribution in [0.25, 0.3) is 16.9 Å². The number of aromatic nitrogens is 4. The molecule has 94 valence electrons. The van der Waals surface area contributed by atoms with Crippen molar-refractivity contribution in [1.29, 1.82) is 0 Å². The molecule has 1 aromatic carbocycles. The van der Waals surface area contributed by atoms with Gasteiger partial charge in [0.25, 0.3) is 0 Å². The quantitative estimate of drug-likeness (QED) is 0.706. The van der Waals surface area contributed by atoms with Crippen LogP contribution in [-0.4, -0.2) is 30.6 Å². The molecule has 3 aromatic rings. The molecule has 0 radical (unpaired) electrons. The van der Waals surface area contributed by atoms with E-state index in [2.05, 4.69) is 15.0 Å². The van der Waals surface area contributed by atoms with Gasteiger partial charge in [0.1, 0.15) is 12.1 Å². The molecule has 0 fully saturated rings. The van der Waals surface area contributed by atoms with E-state index < -0.39 is 5.97 Å². The Balaban J connectivity index is 2.30. The van der Waals surface area contributed by atoms with E-state index in [0.717, 1.165) is 0 Å². The van der Waals surface area contributed by atoms with Gasteiger partial charge in [-0.2, -0.15) is 0 Å². The van der Waals surface area contributed by atoms with Crippen LogP contribution in [-0.2, 0) is 0 Å². The molecule has 0 saturated heterocycles. The van der Waals surface area contributed by atoms with Gasteiger partial charge in [0.05, 0.1) is 16.6 Å². The number of nitrogens with zero attached hydrogens (tertiary/aromatic N) is 3. The van der Waals surface area contributed by atoms with Crippen molar-refractivity contribution in [3.63, 3.8) is 0 Å². The van der Waals surface area contributed by atoms with Crippen LogP contribution < -0.4 is 5.69 Å². The maximum Gasteiger partial charge on any atom is 0.335 e. The maximum absolute atomic E-state index is 11.9. The van der Waals surface area contributed by atoms with Crippen molar-refractivity contribution >= 4 is 17.0 Å². The van der Waals surface area contributed by atoms with Crippen LogP contribution in [0.4, 0.5) is 0 Å². The van der Waals surface area contributed by atoms with Crippen LogP contribution >= 0.6 is 0 Å². The highest BCUT2D eigenvalue weighted by atomic mass is 16.4. The molecule has 0 aliphatic heterocycles. The number of aromatic carboxylic acids is 1. The third-order valence-corrected chi connectivity index (χ3v) is 2.72. The zero-order valence-electron chi connectivity index (χ0n) is 9.57. The van der Waals surface area contributed by atoms with Gasteiger partial charge in [0.15, 0.2) is 0 Å². The second-order valence-electron chi connectivity index (χ2n) is 3.87. The molecule has 0 saturated carbocycles. The predicted molar refractivity (Wildman–Crippen MR) is 66.4 cm³/mol. The fourth-order valence-corrected chi connectivity index (χ4v) is 1.89. The van der Waals surface area contributed by atoms with E-state index in [-0.39, 0.29) is 11.3 Å². The summed E-state index contributed by atoms with van der Waals surface area (Å²) in [7, 11) is 0. The minimum Gasteiger partial charge on any atom is -0.478 e. The first-order valence-electron chi connectivity index (χ1n) is 5.41. The molecule has 2 aromatic heterocycles. The van der Waals surface area contributed by atoms with E-state index >= 15 is 0 Å². The Morgan fingerprint density at radius 2 is 2.16 bits per heavy atom. The molecule has 3 rings (SSSR count). The summed E-state index contributed by atoms with van der Waals surface area (Å²) in [6, 6.07) is 6.02. The van der Waals surface area contributed by atoms with E-state index in [1.165, 1.54) is 29.2 Å². The number of benzene rings is 1. The molecule has 0 atom stereocenters. The van der Waals surface area contributed by atoms with Gasteiger partial charge in [-0.3, -0.25) is 0 Å². The van der Waals surface area contributed by atoms with Gasteiger partial charge in [-0.15, -0.1) is 0 Å². The summed E-state index contributed by atoms with van der Waals surface area (Å²) in [6.07, 6.45) is 2.87. The Labute approximate surface area is 106 Å². The second-order valence-corrected chi connectivity index (χ2v) is 3.87. The smallest absolute Gasteiger partial charge is 0.335 e. The van der Waals surface area contributed by atoms with Crippen molar-refractivity contribution in [3.05, 3.63) is 52.8 Å². The molecule has 7 nitrogen and oxygen atoms in total. The molecule has 7 heteroatoms. The average molecular weight is 256 g/mol. The highest BCUT2D eigenvalue weighted by Crippen LogP contribution is 2.15. The van der Waals surface area contributed by atoms with Crippen molar-refractivity contribution in [2.75, 3.05) is 0 Å². The summed E-state index contributed by atoms with van der Waals surface area (Å²) in [6.45, 7) is 0. The Kier molecular flexibility index (Phi) is 2.38. The van der Waals surface area contributed by atoms with Gasteiger partial charge < -0.3 is 10.1 Å². The molecule has 2 N–H and O–H groups in total. The van der Waals surface area contributed by atoms with Gasteiger partial charge in [-0.05, 0) is 24.3 Å². The lowest BCUT2D eigenvalue weighted by atomic mass is 10.2. The molecule has 0 bridgehead atoms. The van der Waals surface area contributed by atoms with Crippen molar-refractivity contribution in [3.8, 4) is 5.82 Å². The van der Waals surface area contributed by atoms with Crippen LogP contribution in [0, 0.1) is 0 Å². The van der Waals surface area contributed by atoms with Crippen molar-refractivity contribution in [1.82, 2.24) is 19.5 Å². The number of carbonyl (C=O) groups is 1. The molecular formula is C12H8N4O3. The van der Waals surface area contributed by atoms with Gasteiger partial charge in [0, 0.05) is 6.20 Å². The molecule has 0 amide bonds. The number of fused-ring (bicyclic) bond motifs is 1. The SMILES string of the molecule is O=C(O)c1ccc2c(c1)[nH]c(=O)n2-c1ccncn1. The summed E-state index contributed by atoms with van der Waals surface area (Å²) in [5.41, 5.74) is 0.747. The lowest BCUT2D eigenvalue weighted by Crippen LogP contribution is -2.15. The number of hydrogen-bond acceptors (Lipinski definition) is 4. The summed E-state index contributed by atoms with van der Waals surface area (Å²) in [4.78, 5) is 33.2. The van der Waals surface area contributed by atoms with E-state index in [1.54, 1.807) is 12.1 Å². The van der Waals surface area contributed by atoms with Crippen molar-refractivity contribution in [2.45, 2.75) is 0 Å². The largest absolute Gasteiger partial charge is 0.478 e. The number of H-pyrrole nitrogens is 1. The number of rotatable bonds is 2. The zero-order chi connectivity index (χ0) is 13.4. The van der Waals surface area contributed by atoms with Gasteiger partial charge in [-0.25, -0.2) is 24.1 Å². The second kappa shape index (κ2) is 4.05. The van der Waals surface area contributed by atoms with Crippen molar-refractivity contribution in [2.24, 2.45) is 0 Å². The minimum absolute atomic E-state index is 0.114. The standard InChI is InChI=1S/C12H8N4O3/c17-11(18)7-1-2-9-8(5-7)15-12(19)16(9)10-3-4-13-6-14-10/h1-6H,(H,15,19)(H,17,18). The number of carboxylic acids is 1. The van der Waals surface area contributed by atoms with E-state index in [4.69, 9.17) is 5.11 Å². The lowest BCUT2D eigenvalue weighted by Gasteiger charge is -2.01. The first kappa shape index (κ1) is 11.1.